The zero-order valence-corrected chi connectivity index (χ0v) is 15.0. The van der Waals surface area contributed by atoms with Gasteiger partial charge in [-0.05, 0) is 17.8 Å². The van der Waals surface area contributed by atoms with Crippen LogP contribution >= 0.6 is 23.5 Å². The van der Waals surface area contributed by atoms with Gasteiger partial charge >= 0.3 is 5.97 Å². The summed E-state index contributed by atoms with van der Waals surface area (Å²) < 4.78 is 5.81. The van der Waals surface area contributed by atoms with E-state index in [9.17, 15) is 4.79 Å². The molecule has 112 valence electrons. The molecule has 0 N–H and O–H groups in total. The van der Waals surface area contributed by atoms with Gasteiger partial charge in [-0.25, -0.2) is 0 Å². The first-order valence-corrected chi connectivity index (χ1v) is 9.11. The predicted octanol–water partition coefficient (Wildman–Crippen LogP) is 4.43. The lowest BCUT2D eigenvalue weighted by atomic mass is 9.55. The quantitative estimate of drug-likeness (QED) is 0.705. The largest absolute Gasteiger partial charge is 0.450 e. The molecular weight excluding hydrogens is 276 g/mol. The highest BCUT2D eigenvalue weighted by Crippen LogP contribution is 2.52. The van der Waals surface area contributed by atoms with Crippen LogP contribution in [-0.4, -0.2) is 28.7 Å². The van der Waals surface area contributed by atoms with Crippen LogP contribution in [0.2, 0.25) is 0 Å². The summed E-state index contributed by atoms with van der Waals surface area (Å²) in [6.45, 7) is 14.8. The molecule has 4 heteroatoms. The second kappa shape index (κ2) is 5.88. The molecule has 19 heavy (non-hydrogen) atoms. The summed E-state index contributed by atoms with van der Waals surface area (Å²) in [5.41, 5.74) is -0.734. The van der Waals surface area contributed by atoms with Crippen molar-refractivity contribution in [2.24, 2.45) is 16.2 Å². The number of ether oxygens (including phenoxy) is 1. The van der Waals surface area contributed by atoms with Gasteiger partial charge in [0, 0.05) is 17.3 Å². The first-order valence-electron chi connectivity index (χ1n) is 6.90. The molecule has 0 aromatic carbocycles. The Morgan fingerprint density at radius 3 is 1.89 bits per heavy atom. The maximum absolute atomic E-state index is 12.8. The molecule has 0 saturated carbocycles. The smallest absolute Gasteiger partial charge is 0.314 e. The standard InChI is InChI=1S/C15H28O2S2/c1-13(2,3)15(7,14(4,5)6)12(16)17-11-10-18-8-9-19-11/h11H,8-10H2,1-7H3. The van der Waals surface area contributed by atoms with E-state index in [0.29, 0.717) is 0 Å². The Hall–Kier alpha value is 0.170. The van der Waals surface area contributed by atoms with Crippen LogP contribution in [0.3, 0.4) is 0 Å². The Morgan fingerprint density at radius 1 is 1.00 bits per heavy atom. The molecule has 0 aromatic heterocycles. The highest BCUT2D eigenvalue weighted by atomic mass is 32.2. The molecule has 0 spiro atoms. The number of carbonyl (C=O) groups is 1. The van der Waals surface area contributed by atoms with E-state index in [4.69, 9.17) is 4.74 Å². The molecule has 1 heterocycles. The lowest BCUT2D eigenvalue weighted by Gasteiger charge is -2.49. The van der Waals surface area contributed by atoms with Gasteiger partial charge in [0.1, 0.15) is 0 Å². The Bertz CT molecular complexity index is 306. The van der Waals surface area contributed by atoms with Gasteiger partial charge in [-0.15, -0.1) is 11.8 Å². The van der Waals surface area contributed by atoms with E-state index in [1.54, 1.807) is 11.8 Å². The van der Waals surface area contributed by atoms with Gasteiger partial charge in [0.05, 0.1) is 5.41 Å². The second-order valence-electron chi connectivity index (χ2n) is 7.41. The van der Waals surface area contributed by atoms with Crippen molar-refractivity contribution in [3.63, 3.8) is 0 Å². The molecule has 0 amide bonds. The van der Waals surface area contributed by atoms with Crippen molar-refractivity contribution in [1.82, 2.24) is 0 Å². The third-order valence-electron chi connectivity index (χ3n) is 4.43. The van der Waals surface area contributed by atoms with E-state index in [2.05, 4.69) is 48.5 Å². The van der Waals surface area contributed by atoms with Gasteiger partial charge in [-0.2, -0.15) is 11.8 Å². The Balaban J connectivity index is 2.90. The van der Waals surface area contributed by atoms with E-state index < -0.39 is 5.41 Å². The Morgan fingerprint density at radius 2 is 1.53 bits per heavy atom. The monoisotopic (exact) mass is 304 g/mol. The first kappa shape index (κ1) is 17.2. The fourth-order valence-electron chi connectivity index (χ4n) is 2.51. The summed E-state index contributed by atoms with van der Waals surface area (Å²) in [6, 6.07) is 0. The summed E-state index contributed by atoms with van der Waals surface area (Å²) in [7, 11) is 0. The molecule has 1 atom stereocenters. The van der Waals surface area contributed by atoms with Gasteiger partial charge in [0.25, 0.3) is 0 Å². The molecule has 2 nitrogen and oxygen atoms in total. The fraction of sp³-hybridized carbons (Fsp3) is 0.933. The molecule has 1 aliphatic rings. The highest BCUT2D eigenvalue weighted by molar-refractivity contribution is 8.06. The third kappa shape index (κ3) is 3.63. The zero-order chi connectivity index (χ0) is 14.9. The Labute approximate surface area is 126 Å². The predicted molar refractivity (Wildman–Crippen MR) is 86.7 cm³/mol. The maximum Gasteiger partial charge on any atom is 0.314 e. The number of thioether (sulfide) groups is 2. The summed E-state index contributed by atoms with van der Waals surface area (Å²) in [4.78, 5) is 12.8. The van der Waals surface area contributed by atoms with E-state index in [-0.39, 0.29) is 22.2 Å². The number of hydrogen-bond acceptors (Lipinski definition) is 4. The van der Waals surface area contributed by atoms with E-state index in [1.807, 2.05) is 11.8 Å². The molecule has 1 rings (SSSR count). The van der Waals surface area contributed by atoms with Gasteiger partial charge in [0.15, 0.2) is 5.44 Å². The first-order chi connectivity index (χ1) is 8.50. The average molecular weight is 305 g/mol. The molecule has 1 saturated heterocycles. The minimum atomic E-state index is -0.497. The minimum Gasteiger partial charge on any atom is -0.450 e. The average Bonchev–Trinajstić information content (AvgIpc) is 2.26. The molecule has 0 bridgehead atoms. The molecule has 1 fully saturated rings. The number of esters is 1. The fourth-order valence-corrected chi connectivity index (χ4v) is 4.88. The topological polar surface area (TPSA) is 26.3 Å². The zero-order valence-electron chi connectivity index (χ0n) is 13.3. The van der Waals surface area contributed by atoms with Crippen LogP contribution in [0.5, 0.6) is 0 Å². The lowest BCUT2D eigenvalue weighted by molar-refractivity contribution is -0.173. The lowest BCUT2D eigenvalue weighted by Crippen LogP contribution is -2.51. The van der Waals surface area contributed by atoms with Crippen molar-refractivity contribution in [2.45, 2.75) is 53.9 Å². The highest BCUT2D eigenvalue weighted by Gasteiger charge is 2.54. The van der Waals surface area contributed by atoms with Crippen molar-refractivity contribution in [2.75, 3.05) is 17.3 Å². The number of carbonyl (C=O) groups excluding carboxylic acids is 1. The van der Waals surface area contributed by atoms with Crippen molar-refractivity contribution >= 4 is 29.5 Å². The van der Waals surface area contributed by atoms with Gasteiger partial charge in [-0.3, -0.25) is 4.79 Å². The normalized spacial score (nSPS) is 22.2. The molecule has 0 aliphatic carbocycles. The van der Waals surface area contributed by atoms with Gasteiger partial charge in [0.2, 0.25) is 0 Å². The SMILES string of the molecule is CC(C)(C)C(C)(C(=O)OC1CSCCS1)C(C)(C)C. The molecule has 1 unspecified atom stereocenters. The van der Waals surface area contributed by atoms with Gasteiger partial charge < -0.3 is 4.74 Å². The molecular formula is C15H28O2S2. The van der Waals surface area contributed by atoms with E-state index >= 15 is 0 Å². The molecule has 0 aromatic rings. The third-order valence-corrected chi connectivity index (χ3v) is 7.01. The summed E-state index contributed by atoms with van der Waals surface area (Å²) >= 11 is 3.64. The van der Waals surface area contributed by atoms with E-state index in [1.165, 1.54) is 0 Å². The van der Waals surface area contributed by atoms with Crippen molar-refractivity contribution < 1.29 is 9.53 Å². The van der Waals surface area contributed by atoms with Crippen molar-refractivity contribution in [1.29, 1.82) is 0 Å². The van der Waals surface area contributed by atoms with E-state index in [0.717, 1.165) is 17.3 Å². The Kier molecular flexibility index (Phi) is 5.33. The second-order valence-corrected chi connectivity index (χ2v) is 9.82. The van der Waals surface area contributed by atoms with Gasteiger partial charge in [-0.1, -0.05) is 41.5 Å². The summed E-state index contributed by atoms with van der Waals surface area (Å²) in [5.74, 6) is 3.10. The van der Waals surface area contributed by atoms with Crippen LogP contribution in [0.15, 0.2) is 0 Å². The minimum absolute atomic E-state index is 0.0234. The number of rotatable bonds is 2. The van der Waals surface area contributed by atoms with Crippen molar-refractivity contribution in [3.8, 4) is 0 Å². The maximum atomic E-state index is 12.8. The van der Waals surface area contributed by atoms with Crippen LogP contribution in [0.1, 0.15) is 48.5 Å². The number of hydrogen-bond donors (Lipinski definition) is 0. The van der Waals surface area contributed by atoms with Crippen LogP contribution in [0, 0.1) is 16.2 Å². The van der Waals surface area contributed by atoms with Crippen LogP contribution in [0.4, 0.5) is 0 Å². The summed E-state index contributed by atoms with van der Waals surface area (Å²) in [6.07, 6.45) is 0. The van der Waals surface area contributed by atoms with Crippen LogP contribution < -0.4 is 0 Å². The van der Waals surface area contributed by atoms with Crippen LogP contribution in [0.25, 0.3) is 0 Å². The molecule has 1 aliphatic heterocycles. The van der Waals surface area contributed by atoms with Crippen molar-refractivity contribution in [3.05, 3.63) is 0 Å². The molecule has 0 radical (unpaired) electrons. The summed E-state index contributed by atoms with van der Waals surface area (Å²) in [5, 5.41) is 0. The van der Waals surface area contributed by atoms with Crippen LogP contribution in [-0.2, 0) is 9.53 Å².